The van der Waals surface area contributed by atoms with E-state index in [1.165, 1.54) is 29.2 Å². The summed E-state index contributed by atoms with van der Waals surface area (Å²) < 4.78 is 28.6. The van der Waals surface area contributed by atoms with Crippen LogP contribution < -0.4 is 9.62 Å². The van der Waals surface area contributed by atoms with E-state index in [0.717, 1.165) is 22.7 Å². The molecule has 0 radical (unpaired) electrons. The van der Waals surface area contributed by atoms with E-state index in [0.29, 0.717) is 27.8 Å². The van der Waals surface area contributed by atoms with Gasteiger partial charge in [-0.2, -0.15) is 0 Å². The van der Waals surface area contributed by atoms with Crippen LogP contribution in [0.15, 0.2) is 77.7 Å². The molecule has 39 heavy (non-hydrogen) atoms. The summed E-state index contributed by atoms with van der Waals surface area (Å²) in [6.07, 6.45) is 1.72. The smallest absolute Gasteiger partial charge is 0.264 e. The molecule has 0 heterocycles. The average Bonchev–Trinajstić information content (AvgIpc) is 2.90. The number of nitrogens with one attached hydrogen (secondary N) is 1. The third-order valence-electron chi connectivity index (χ3n) is 6.24. The summed E-state index contributed by atoms with van der Waals surface area (Å²) in [4.78, 5) is 28.2. The number of aryl methyl sites for hydroxylation is 1. The molecular formula is C29H33Cl2N3O4S. The number of sulfonamides is 1. The Labute approximate surface area is 240 Å². The summed E-state index contributed by atoms with van der Waals surface area (Å²) in [7, 11) is -4.15. The minimum absolute atomic E-state index is 0.00739. The third-order valence-corrected chi connectivity index (χ3v) is 8.52. The van der Waals surface area contributed by atoms with Crippen molar-refractivity contribution in [2.24, 2.45) is 0 Å². The molecule has 0 fully saturated rings. The van der Waals surface area contributed by atoms with Crippen LogP contribution in [0.3, 0.4) is 0 Å². The molecule has 1 atom stereocenters. The van der Waals surface area contributed by atoms with Crippen molar-refractivity contribution in [2.75, 3.05) is 17.4 Å². The summed E-state index contributed by atoms with van der Waals surface area (Å²) in [5, 5.41) is 3.75. The molecule has 208 valence electrons. The summed E-state index contributed by atoms with van der Waals surface area (Å²) in [5.74, 6) is -0.854. The van der Waals surface area contributed by atoms with E-state index in [1.54, 1.807) is 55.5 Å². The van der Waals surface area contributed by atoms with Gasteiger partial charge in [-0.15, -0.1) is 0 Å². The first-order valence-electron chi connectivity index (χ1n) is 12.7. The molecule has 0 saturated heterocycles. The van der Waals surface area contributed by atoms with Crippen LogP contribution in [0.5, 0.6) is 0 Å². The molecule has 10 heteroatoms. The average molecular weight is 591 g/mol. The summed E-state index contributed by atoms with van der Waals surface area (Å²) >= 11 is 12.2. The molecule has 2 amide bonds. The molecule has 0 aliphatic carbocycles. The van der Waals surface area contributed by atoms with Crippen LogP contribution in [0, 0.1) is 6.92 Å². The van der Waals surface area contributed by atoms with E-state index in [4.69, 9.17) is 23.2 Å². The second kappa shape index (κ2) is 13.8. The van der Waals surface area contributed by atoms with Crippen LogP contribution in [0.1, 0.15) is 37.8 Å². The van der Waals surface area contributed by atoms with Gasteiger partial charge in [-0.3, -0.25) is 13.9 Å². The fourth-order valence-corrected chi connectivity index (χ4v) is 5.68. The molecule has 0 aliphatic heterocycles. The van der Waals surface area contributed by atoms with Crippen molar-refractivity contribution >= 4 is 50.7 Å². The number of carbonyl (C=O) groups excluding carboxylic acids is 2. The number of hydrogen-bond donors (Lipinski definition) is 1. The van der Waals surface area contributed by atoms with Gasteiger partial charge >= 0.3 is 0 Å². The molecule has 7 nitrogen and oxygen atoms in total. The minimum Gasteiger partial charge on any atom is -0.354 e. The van der Waals surface area contributed by atoms with Crippen LogP contribution in [-0.4, -0.2) is 44.3 Å². The summed E-state index contributed by atoms with van der Waals surface area (Å²) in [6.45, 7) is 5.59. The number of hydrogen-bond acceptors (Lipinski definition) is 4. The van der Waals surface area contributed by atoms with Gasteiger partial charge in [-0.25, -0.2) is 8.42 Å². The SMILES string of the molecule is CCCCNC(=O)[C@@H](C)N(Cc1cccc(Cl)c1)C(=O)CN(c1ccc(C)cc1)S(=O)(=O)c1ccc(Cl)cc1. The van der Waals surface area contributed by atoms with Crippen molar-refractivity contribution < 1.29 is 18.0 Å². The van der Waals surface area contributed by atoms with Crippen molar-refractivity contribution in [3.63, 3.8) is 0 Å². The molecular weight excluding hydrogens is 557 g/mol. The van der Waals surface area contributed by atoms with Crippen molar-refractivity contribution in [2.45, 2.75) is 51.1 Å². The Balaban J connectivity index is 1.99. The number of amides is 2. The zero-order valence-electron chi connectivity index (χ0n) is 22.2. The minimum atomic E-state index is -4.15. The number of rotatable bonds is 12. The van der Waals surface area contributed by atoms with Gasteiger partial charge in [0.15, 0.2) is 0 Å². The zero-order valence-corrected chi connectivity index (χ0v) is 24.6. The highest BCUT2D eigenvalue weighted by Gasteiger charge is 2.32. The fraction of sp³-hybridized carbons (Fsp3) is 0.310. The maximum atomic E-state index is 13.9. The lowest BCUT2D eigenvalue weighted by Crippen LogP contribution is -2.51. The second-order valence-corrected chi connectivity index (χ2v) is 12.0. The molecule has 1 N–H and O–H groups in total. The Bertz CT molecular complexity index is 1380. The number of carbonyl (C=O) groups is 2. The van der Waals surface area contributed by atoms with Crippen LogP contribution in [0.4, 0.5) is 5.69 Å². The van der Waals surface area contributed by atoms with Crippen LogP contribution in [0.25, 0.3) is 0 Å². The maximum absolute atomic E-state index is 13.9. The highest BCUT2D eigenvalue weighted by atomic mass is 35.5. The fourth-order valence-electron chi connectivity index (χ4n) is 3.92. The number of anilines is 1. The van der Waals surface area contributed by atoms with E-state index < -0.39 is 28.5 Å². The Morgan fingerprint density at radius 3 is 2.23 bits per heavy atom. The Morgan fingerprint density at radius 2 is 1.62 bits per heavy atom. The molecule has 0 aromatic heterocycles. The van der Waals surface area contributed by atoms with Gasteiger partial charge in [0.2, 0.25) is 11.8 Å². The molecule has 3 aromatic carbocycles. The quantitative estimate of drug-likeness (QED) is 0.269. The lowest BCUT2D eigenvalue weighted by Gasteiger charge is -2.32. The van der Waals surface area contributed by atoms with E-state index in [1.807, 2.05) is 13.8 Å². The van der Waals surface area contributed by atoms with E-state index >= 15 is 0 Å². The first kappa shape index (κ1) is 30.5. The van der Waals surface area contributed by atoms with E-state index in [9.17, 15) is 18.0 Å². The molecule has 0 aliphatic rings. The standard InChI is InChI=1S/C29H33Cl2N3O4S/c1-4-5-17-32-29(36)22(3)33(19-23-7-6-8-25(31)18-23)28(35)20-34(26-13-9-21(2)10-14-26)39(37,38)27-15-11-24(30)12-16-27/h6-16,18,22H,4-5,17,19-20H2,1-3H3,(H,32,36)/t22-/m1/s1. The number of benzene rings is 3. The predicted molar refractivity (Wildman–Crippen MR) is 157 cm³/mol. The van der Waals surface area contributed by atoms with Gasteiger partial charge in [-0.05, 0) is 74.4 Å². The molecule has 3 rings (SSSR count). The Morgan fingerprint density at radius 1 is 0.949 bits per heavy atom. The summed E-state index contributed by atoms with van der Waals surface area (Å²) in [6, 6.07) is 18.8. The van der Waals surface area contributed by atoms with Gasteiger partial charge in [0.05, 0.1) is 10.6 Å². The van der Waals surface area contributed by atoms with Crippen molar-refractivity contribution in [3.8, 4) is 0 Å². The molecule has 0 bridgehead atoms. The molecule has 0 unspecified atom stereocenters. The van der Waals surface area contributed by atoms with E-state index in [-0.39, 0.29) is 17.3 Å². The van der Waals surface area contributed by atoms with Gasteiger partial charge in [0.1, 0.15) is 12.6 Å². The summed E-state index contributed by atoms with van der Waals surface area (Å²) in [5.41, 5.74) is 1.98. The normalized spacial score (nSPS) is 12.0. The molecule has 0 saturated carbocycles. The van der Waals surface area contributed by atoms with Crippen LogP contribution in [0.2, 0.25) is 10.0 Å². The first-order valence-corrected chi connectivity index (χ1v) is 14.9. The van der Waals surface area contributed by atoms with Gasteiger partial charge in [0.25, 0.3) is 10.0 Å². The van der Waals surface area contributed by atoms with Crippen LogP contribution in [-0.2, 0) is 26.2 Å². The monoisotopic (exact) mass is 589 g/mol. The van der Waals surface area contributed by atoms with Crippen molar-refractivity contribution in [1.82, 2.24) is 10.2 Å². The Hall–Kier alpha value is -3.07. The lowest BCUT2D eigenvalue weighted by atomic mass is 10.1. The third kappa shape index (κ3) is 8.21. The second-order valence-electron chi connectivity index (χ2n) is 9.27. The maximum Gasteiger partial charge on any atom is 0.264 e. The van der Waals surface area contributed by atoms with Crippen LogP contribution >= 0.6 is 23.2 Å². The number of halogens is 2. The van der Waals surface area contributed by atoms with Gasteiger partial charge in [-0.1, -0.05) is 66.4 Å². The lowest BCUT2D eigenvalue weighted by molar-refractivity contribution is -0.139. The molecule has 0 spiro atoms. The van der Waals surface area contributed by atoms with Crippen molar-refractivity contribution in [3.05, 3.63) is 94.0 Å². The highest BCUT2D eigenvalue weighted by Crippen LogP contribution is 2.26. The largest absolute Gasteiger partial charge is 0.354 e. The Kier molecular flexibility index (Phi) is 10.8. The predicted octanol–water partition coefficient (Wildman–Crippen LogP) is 5.83. The van der Waals surface area contributed by atoms with E-state index in [2.05, 4.69) is 5.32 Å². The number of unbranched alkanes of at least 4 members (excludes halogenated alkanes) is 1. The topological polar surface area (TPSA) is 86.8 Å². The molecule has 3 aromatic rings. The zero-order chi connectivity index (χ0) is 28.6. The number of nitrogens with zero attached hydrogens (tertiary/aromatic N) is 2. The highest BCUT2D eigenvalue weighted by molar-refractivity contribution is 7.92. The van der Waals surface area contributed by atoms with Gasteiger partial charge < -0.3 is 10.2 Å². The van der Waals surface area contributed by atoms with Gasteiger partial charge in [0, 0.05) is 23.1 Å². The van der Waals surface area contributed by atoms with Crippen molar-refractivity contribution in [1.29, 1.82) is 0 Å². The first-order chi connectivity index (χ1) is 18.5.